The normalized spacial score (nSPS) is 10.5. The van der Waals surface area contributed by atoms with Crippen LogP contribution in [-0.4, -0.2) is 34.0 Å². The number of benzene rings is 2. The van der Waals surface area contributed by atoms with E-state index < -0.39 is 0 Å². The van der Waals surface area contributed by atoms with Gasteiger partial charge in [0.15, 0.2) is 0 Å². The van der Waals surface area contributed by atoms with Crippen LogP contribution in [0.15, 0.2) is 78.0 Å². The van der Waals surface area contributed by atoms with E-state index in [1.807, 2.05) is 6.07 Å². The second kappa shape index (κ2) is 10.8. The number of anilines is 1. The summed E-state index contributed by atoms with van der Waals surface area (Å²) in [6.07, 6.45) is 3.28. The van der Waals surface area contributed by atoms with Gasteiger partial charge < -0.3 is 10.2 Å². The Labute approximate surface area is 183 Å². The summed E-state index contributed by atoms with van der Waals surface area (Å²) >= 11 is 6.96. The Bertz CT molecular complexity index is 1000. The zero-order valence-corrected chi connectivity index (χ0v) is 17.5. The molecule has 0 unspecified atom stereocenters. The van der Waals surface area contributed by atoms with Crippen molar-refractivity contribution in [2.45, 2.75) is 11.4 Å². The number of thioether (sulfide) groups is 1. The van der Waals surface area contributed by atoms with E-state index in [0.29, 0.717) is 15.6 Å². The van der Waals surface area contributed by atoms with Gasteiger partial charge in [0.05, 0.1) is 5.75 Å². The number of rotatable bonds is 8. The molecule has 1 aromatic heterocycles. The molecule has 0 aliphatic carbocycles. The minimum atomic E-state index is -0.380. The number of hydrogen-bond donors (Lipinski definition) is 1. The number of halogens is 2. The molecule has 0 aliphatic heterocycles. The monoisotopic (exact) mass is 443 g/mol. The SMILES string of the molecule is O=C(CN(Cc1cccnc1)C(=O)CSc1ccccc1F)Nc1ccc(Cl)cc1. The van der Waals surface area contributed by atoms with Crippen LogP contribution in [0.3, 0.4) is 0 Å². The molecule has 0 fully saturated rings. The third-order valence-corrected chi connectivity index (χ3v) is 5.38. The van der Waals surface area contributed by atoms with Crippen LogP contribution < -0.4 is 5.32 Å². The highest BCUT2D eigenvalue weighted by atomic mass is 35.5. The average molecular weight is 444 g/mol. The smallest absolute Gasteiger partial charge is 0.244 e. The van der Waals surface area contributed by atoms with E-state index in [1.165, 1.54) is 11.0 Å². The first-order valence-electron chi connectivity index (χ1n) is 9.10. The molecule has 30 heavy (non-hydrogen) atoms. The van der Waals surface area contributed by atoms with Crippen molar-refractivity contribution in [3.63, 3.8) is 0 Å². The molecule has 3 rings (SSSR count). The zero-order chi connectivity index (χ0) is 21.3. The van der Waals surface area contributed by atoms with E-state index in [9.17, 15) is 14.0 Å². The van der Waals surface area contributed by atoms with Gasteiger partial charge in [0.2, 0.25) is 11.8 Å². The topological polar surface area (TPSA) is 62.3 Å². The standard InChI is InChI=1S/C22H19ClFN3O2S/c23-17-7-9-18(10-8-17)26-21(28)14-27(13-16-4-3-11-25-12-16)22(29)15-30-20-6-2-1-5-19(20)24/h1-12H,13-15H2,(H,26,28). The fraction of sp³-hybridized carbons (Fsp3) is 0.136. The van der Waals surface area contributed by atoms with Crippen LogP contribution in [0.4, 0.5) is 10.1 Å². The average Bonchev–Trinajstić information content (AvgIpc) is 2.75. The van der Waals surface area contributed by atoms with Crippen LogP contribution in [0.5, 0.6) is 0 Å². The molecule has 2 amide bonds. The molecular weight excluding hydrogens is 425 g/mol. The zero-order valence-electron chi connectivity index (χ0n) is 15.9. The molecule has 0 bridgehead atoms. The van der Waals surface area contributed by atoms with Crippen molar-refractivity contribution < 1.29 is 14.0 Å². The van der Waals surface area contributed by atoms with Gasteiger partial charge >= 0.3 is 0 Å². The number of pyridine rings is 1. The molecule has 8 heteroatoms. The van der Waals surface area contributed by atoms with Crippen LogP contribution in [0.25, 0.3) is 0 Å². The second-order valence-corrected chi connectivity index (χ2v) is 7.84. The molecule has 154 valence electrons. The predicted octanol–water partition coefficient (Wildman–Crippen LogP) is 4.63. The van der Waals surface area contributed by atoms with Gasteiger partial charge in [0.25, 0.3) is 0 Å². The van der Waals surface area contributed by atoms with Crippen molar-refractivity contribution in [1.29, 1.82) is 0 Å². The molecule has 1 heterocycles. The summed E-state index contributed by atoms with van der Waals surface area (Å²) in [7, 11) is 0. The number of amides is 2. The Morgan fingerprint density at radius 3 is 2.53 bits per heavy atom. The fourth-order valence-electron chi connectivity index (χ4n) is 2.64. The minimum Gasteiger partial charge on any atom is -0.328 e. The first kappa shape index (κ1) is 21.8. The van der Waals surface area contributed by atoms with Crippen LogP contribution in [0, 0.1) is 5.82 Å². The largest absolute Gasteiger partial charge is 0.328 e. The molecule has 1 N–H and O–H groups in total. The molecule has 5 nitrogen and oxygen atoms in total. The highest BCUT2D eigenvalue weighted by molar-refractivity contribution is 8.00. The number of hydrogen-bond acceptors (Lipinski definition) is 4. The van der Waals surface area contributed by atoms with Crippen LogP contribution in [0.1, 0.15) is 5.56 Å². The Morgan fingerprint density at radius 2 is 1.83 bits per heavy atom. The summed E-state index contributed by atoms with van der Waals surface area (Å²) in [5.41, 5.74) is 1.37. The van der Waals surface area contributed by atoms with Crippen LogP contribution in [-0.2, 0) is 16.1 Å². The van der Waals surface area contributed by atoms with Crippen molar-refractivity contribution in [2.24, 2.45) is 0 Å². The summed E-state index contributed by atoms with van der Waals surface area (Å²) < 4.78 is 13.8. The van der Waals surface area contributed by atoms with Gasteiger partial charge in [0, 0.05) is 34.5 Å². The number of nitrogens with one attached hydrogen (secondary N) is 1. The molecule has 0 aliphatic rings. The van der Waals surface area contributed by atoms with Gasteiger partial charge in [-0.15, -0.1) is 11.8 Å². The lowest BCUT2D eigenvalue weighted by molar-refractivity contribution is -0.132. The Hall–Kier alpha value is -2.90. The number of carbonyl (C=O) groups is 2. The second-order valence-electron chi connectivity index (χ2n) is 6.39. The van der Waals surface area contributed by atoms with E-state index in [2.05, 4.69) is 10.3 Å². The molecule has 0 saturated carbocycles. The van der Waals surface area contributed by atoms with Crippen molar-refractivity contribution in [1.82, 2.24) is 9.88 Å². The van der Waals surface area contributed by atoms with Gasteiger partial charge in [-0.1, -0.05) is 29.8 Å². The maximum atomic E-state index is 13.8. The Balaban J connectivity index is 1.67. The van der Waals surface area contributed by atoms with Gasteiger partial charge in [-0.05, 0) is 48.0 Å². The van der Waals surface area contributed by atoms with E-state index in [-0.39, 0.29) is 36.5 Å². The maximum absolute atomic E-state index is 13.8. The van der Waals surface area contributed by atoms with Gasteiger partial charge in [0.1, 0.15) is 12.4 Å². The third-order valence-electron chi connectivity index (χ3n) is 4.10. The van der Waals surface area contributed by atoms with E-state index in [0.717, 1.165) is 17.3 Å². The molecule has 0 saturated heterocycles. The van der Waals surface area contributed by atoms with Crippen molar-refractivity contribution in [2.75, 3.05) is 17.6 Å². The summed E-state index contributed by atoms with van der Waals surface area (Å²) in [5.74, 6) is -0.992. The molecule has 2 aromatic carbocycles. The van der Waals surface area contributed by atoms with Gasteiger partial charge in [-0.25, -0.2) is 4.39 Å². The molecular formula is C22H19ClFN3O2S. The minimum absolute atomic E-state index is 0.00935. The van der Waals surface area contributed by atoms with Crippen LogP contribution >= 0.6 is 23.4 Å². The lowest BCUT2D eigenvalue weighted by atomic mass is 10.2. The first-order valence-corrected chi connectivity index (χ1v) is 10.5. The summed E-state index contributed by atoms with van der Waals surface area (Å²) in [6, 6.07) is 16.6. The van der Waals surface area contributed by atoms with Gasteiger partial charge in [-0.3, -0.25) is 14.6 Å². The van der Waals surface area contributed by atoms with E-state index in [4.69, 9.17) is 11.6 Å². The number of carbonyl (C=O) groups excluding carboxylic acids is 2. The summed E-state index contributed by atoms with van der Waals surface area (Å²) in [6.45, 7) is 0.0761. The Morgan fingerprint density at radius 1 is 1.07 bits per heavy atom. The van der Waals surface area contributed by atoms with Crippen molar-refractivity contribution in [3.05, 3.63) is 89.5 Å². The number of nitrogens with zero attached hydrogens (tertiary/aromatic N) is 2. The lowest BCUT2D eigenvalue weighted by Crippen LogP contribution is -2.38. The number of aromatic nitrogens is 1. The summed E-state index contributed by atoms with van der Waals surface area (Å²) in [5, 5.41) is 3.31. The summed E-state index contributed by atoms with van der Waals surface area (Å²) in [4.78, 5) is 31.2. The highest BCUT2D eigenvalue weighted by Crippen LogP contribution is 2.22. The quantitative estimate of drug-likeness (QED) is 0.515. The fourth-order valence-corrected chi connectivity index (χ4v) is 3.61. The van der Waals surface area contributed by atoms with Crippen molar-refractivity contribution >= 4 is 40.9 Å². The third kappa shape index (κ3) is 6.57. The van der Waals surface area contributed by atoms with Crippen molar-refractivity contribution in [3.8, 4) is 0 Å². The molecule has 0 spiro atoms. The predicted molar refractivity (Wildman–Crippen MR) is 117 cm³/mol. The first-order chi connectivity index (χ1) is 14.5. The van der Waals surface area contributed by atoms with E-state index >= 15 is 0 Å². The Kier molecular flexibility index (Phi) is 7.82. The maximum Gasteiger partial charge on any atom is 0.244 e. The van der Waals surface area contributed by atoms with Gasteiger partial charge in [-0.2, -0.15) is 0 Å². The molecule has 3 aromatic rings. The van der Waals surface area contributed by atoms with Crippen LogP contribution in [0.2, 0.25) is 5.02 Å². The lowest BCUT2D eigenvalue weighted by Gasteiger charge is -2.22. The highest BCUT2D eigenvalue weighted by Gasteiger charge is 2.19. The molecule has 0 radical (unpaired) electrons. The van der Waals surface area contributed by atoms with E-state index in [1.54, 1.807) is 60.9 Å². The molecule has 0 atom stereocenters.